The van der Waals surface area contributed by atoms with Crippen LogP contribution in [0.15, 0.2) is 60.4 Å². The molecule has 1 aromatic carbocycles. The van der Waals surface area contributed by atoms with E-state index in [1.807, 2.05) is 6.07 Å². The Morgan fingerprint density at radius 2 is 1.84 bits per heavy atom. The summed E-state index contributed by atoms with van der Waals surface area (Å²) in [5, 5.41) is 22.3. The Morgan fingerprint density at radius 1 is 1.02 bits per heavy atom. The van der Waals surface area contributed by atoms with E-state index in [-0.39, 0.29) is 55.4 Å². The van der Waals surface area contributed by atoms with E-state index in [2.05, 4.69) is 35.2 Å². The molecule has 0 saturated carbocycles. The molecule has 3 N–H and O–H groups in total. The van der Waals surface area contributed by atoms with Gasteiger partial charge in [0.25, 0.3) is 11.5 Å². The minimum absolute atomic E-state index is 0.0560. The van der Waals surface area contributed by atoms with E-state index in [0.717, 1.165) is 12.8 Å². The molecule has 5 aromatic rings. The second-order valence-corrected chi connectivity index (χ2v) is 15.1. The van der Waals surface area contributed by atoms with Crippen molar-refractivity contribution in [2.75, 3.05) is 31.7 Å². The Labute approximate surface area is 323 Å². The number of imidazole rings is 2. The highest BCUT2D eigenvalue weighted by molar-refractivity contribution is 7.48. The zero-order chi connectivity index (χ0) is 39.4. The summed E-state index contributed by atoms with van der Waals surface area (Å²) in [6, 6.07) is 10.6. The second-order valence-electron chi connectivity index (χ2n) is 13.5. The van der Waals surface area contributed by atoms with Gasteiger partial charge in [-0.25, -0.2) is 29.5 Å². The molecule has 1 amide bonds. The number of aromatic nitrogens is 8. The van der Waals surface area contributed by atoms with Crippen LogP contribution < -0.4 is 10.9 Å². The van der Waals surface area contributed by atoms with Gasteiger partial charge < -0.3 is 34.4 Å². The Hall–Kier alpha value is -5.01. The molecular weight excluding hydrogens is 767 g/mol. The standard InChI is InChI=1S/C35H39N10O11P/c36-10-6-12-51-57(49,52-16-22-13-24(55-27-9-4-5-11-50-27)35(53-22)45-20-42-29-32(45)39-18-40-34(29)48)56-23-14-26(54-25(23)15-46)44-19-41-28-30(37-17-38-31(28)44)43-33(47)21-7-2-1-3-8-21/h1-3,7-8,17-20,22-27,35,46H,4-6,9,11-16H2,(H,39,40,48)(H,37,38,43,47)/t22?,23-,24+,25?,26?,27?,35?,57?/m0/s1. The highest BCUT2D eigenvalue weighted by Crippen LogP contribution is 2.54. The number of aromatic amines is 1. The summed E-state index contributed by atoms with van der Waals surface area (Å²) in [5.41, 5.74) is 1.05. The van der Waals surface area contributed by atoms with Crippen molar-refractivity contribution in [1.82, 2.24) is 39.0 Å². The molecule has 7 heterocycles. The van der Waals surface area contributed by atoms with Gasteiger partial charge in [0.2, 0.25) is 0 Å². The maximum atomic E-state index is 14.3. The molecule has 3 aliphatic rings. The number of carbonyl (C=O) groups is 1. The normalized spacial score (nSPS) is 26.1. The van der Waals surface area contributed by atoms with Crippen molar-refractivity contribution in [1.29, 1.82) is 5.26 Å². The number of ether oxygens (including phenoxy) is 4. The van der Waals surface area contributed by atoms with Gasteiger partial charge in [-0.05, 0) is 31.4 Å². The van der Waals surface area contributed by atoms with Crippen LogP contribution in [-0.4, -0.2) is 107 Å². The summed E-state index contributed by atoms with van der Waals surface area (Å²) < 4.78 is 59.7. The van der Waals surface area contributed by atoms with Gasteiger partial charge in [0, 0.05) is 25.0 Å². The van der Waals surface area contributed by atoms with Crippen LogP contribution in [0.3, 0.4) is 0 Å². The highest BCUT2D eigenvalue weighted by atomic mass is 31.2. The van der Waals surface area contributed by atoms with Crippen molar-refractivity contribution in [2.45, 2.75) is 81.7 Å². The van der Waals surface area contributed by atoms with E-state index >= 15 is 0 Å². The first-order valence-electron chi connectivity index (χ1n) is 18.4. The summed E-state index contributed by atoms with van der Waals surface area (Å²) in [4.78, 5) is 49.3. The molecule has 4 aromatic heterocycles. The third-order valence-electron chi connectivity index (χ3n) is 9.69. The van der Waals surface area contributed by atoms with Gasteiger partial charge in [-0.1, -0.05) is 18.2 Å². The molecule has 3 fully saturated rings. The highest BCUT2D eigenvalue weighted by Gasteiger charge is 2.45. The maximum absolute atomic E-state index is 14.3. The predicted octanol–water partition coefficient (Wildman–Crippen LogP) is 3.13. The largest absolute Gasteiger partial charge is 0.475 e. The molecule has 0 radical (unpaired) electrons. The maximum Gasteiger partial charge on any atom is 0.475 e. The van der Waals surface area contributed by atoms with Crippen LogP contribution in [-0.2, 0) is 37.1 Å². The zero-order valence-corrected chi connectivity index (χ0v) is 31.3. The molecule has 0 bridgehead atoms. The van der Waals surface area contributed by atoms with Crippen molar-refractivity contribution in [3.05, 3.63) is 71.6 Å². The third kappa shape index (κ3) is 8.50. The van der Waals surface area contributed by atoms with Gasteiger partial charge in [-0.3, -0.25) is 32.3 Å². The number of phosphoric acid groups is 1. The van der Waals surface area contributed by atoms with E-state index in [4.69, 9.17) is 32.5 Å². The van der Waals surface area contributed by atoms with Crippen LogP contribution in [0.2, 0.25) is 0 Å². The van der Waals surface area contributed by atoms with Crippen LogP contribution in [0.4, 0.5) is 5.82 Å². The number of amides is 1. The molecule has 3 aliphatic heterocycles. The average Bonchev–Trinajstić information content (AvgIpc) is 4.04. The Kier molecular flexibility index (Phi) is 11.7. The number of hydrogen-bond donors (Lipinski definition) is 3. The first kappa shape index (κ1) is 38.8. The molecule has 21 nitrogen and oxygen atoms in total. The number of nitriles is 1. The minimum Gasteiger partial charge on any atom is -0.394 e. The smallest absolute Gasteiger partial charge is 0.394 e. The Balaban J connectivity index is 0.975. The Bertz CT molecular complexity index is 2330. The molecule has 300 valence electrons. The lowest BCUT2D eigenvalue weighted by atomic mass is 10.1. The fraction of sp³-hybridized carbons (Fsp3) is 0.486. The fourth-order valence-corrected chi connectivity index (χ4v) is 8.38. The van der Waals surface area contributed by atoms with Gasteiger partial charge in [0.15, 0.2) is 40.7 Å². The number of fused-ring (bicyclic) bond motifs is 2. The SMILES string of the molecule is N#CCCOP(=O)(OCC1C[C@@H](OC2CCCCO2)C(n2cnc3c(=O)[nH]cnc32)O1)O[C@H]1CC(n2cnc3c(NC(=O)c4ccccc4)ncnc32)OC1CO. The van der Waals surface area contributed by atoms with Crippen LogP contribution >= 0.6 is 7.82 Å². The summed E-state index contributed by atoms with van der Waals surface area (Å²) in [6.07, 6.45) is 2.83. The Morgan fingerprint density at radius 3 is 2.65 bits per heavy atom. The predicted molar refractivity (Wildman–Crippen MR) is 195 cm³/mol. The van der Waals surface area contributed by atoms with E-state index in [9.17, 15) is 24.5 Å². The van der Waals surface area contributed by atoms with Crippen molar-refractivity contribution >= 4 is 41.9 Å². The van der Waals surface area contributed by atoms with Gasteiger partial charge in [-0.2, -0.15) is 5.26 Å². The fourth-order valence-electron chi connectivity index (χ4n) is 6.96. The third-order valence-corrected chi connectivity index (χ3v) is 11.2. The lowest BCUT2D eigenvalue weighted by molar-refractivity contribution is -0.204. The topological polar surface area (TPSA) is 262 Å². The summed E-state index contributed by atoms with van der Waals surface area (Å²) in [7, 11) is -4.45. The first-order valence-corrected chi connectivity index (χ1v) is 19.9. The van der Waals surface area contributed by atoms with E-state index < -0.39 is 63.2 Å². The average molecular weight is 807 g/mol. The number of nitrogens with zero attached hydrogens (tertiary/aromatic N) is 8. The molecule has 6 unspecified atom stereocenters. The lowest BCUT2D eigenvalue weighted by Gasteiger charge is -2.28. The molecular formula is C35H39N10O11P. The van der Waals surface area contributed by atoms with Crippen molar-refractivity contribution in [3.8, 4) is 6.07 Å². The van der Waals surface area contributed by atoms with Gasteiger partial charge in [0.1, 0.15) is 30.9 Å². The zero-order valence-electron chi connectivity index (χ0n) is 30.4. The summed E-state index contributed by atoms with van der Waals surface area (Å²) >= 11 is 0. The first-order chi connectivity index (χ1) is 27.8. The van der Waals surface area contributed by atoms with Gasteiger partial charge in [0.05, 0.1) is 57.4 Å². The van der Waals surface area contributed by atoms with Crippen molar-refractivity contribution < 1.29 is 47.0 Å². The van der Waals surface area contributed by atoms with E-state index in [1.165, 1.54) is 25.3 Å². The summed E-state index contributed by atoms with van der Waals surface area (Å²) in [6.45, 7) is -0.506. The number of hydrogen-bond acceptors (Lipinski definition) is 17. The monoisotopic (exact) mass is 806 g/mol. The molecule has 22 heteroatoms. The second kappa shape index (κ2) is 17.2. The number of nitrogens with one attached hydrogen (secondary N) is 2. The number of aliphatic hydroxyl groups is 1. The lowest BCUT2D eigenvalue weighted by Crippen LogP contribution is -2.31. The van der Waals surface area contributed by atoms with Crippen LogP contribution in [0.5, 0.6) is 0 Å². The number of rotatable bonds is 15. The minimum atomic E-state index is -4.45. The number of anilines is 1. The van der Waals surface area contributed by atoms with Crippen molar-refractivity contribution in [3.63, 3.8) is 0 Å². The van der Waals surface area contributed by atoms with Crippen molar-refractivity contribution in [2.24, 2.45) is 0 Å². The van der Waals surface area contributed by atoms with Crippen LogP contribution in [0.1, 0.15) is 61.3 Å². The molecule has 57 heavy (non-hydrogen) atoms. The molecule has 0 aliphatic carbocycles. The number of H-pyrrole nitrogens is 1. The number of benzene rings is 1. The number of aliphatic hydroxyl groups excluding tert-OH is 1. The molecule has 3 saturated heterocycles. The van der Waals surface area contributed by atoms with E-state index in [1.54, 1.807) is 39.5 Å². The van der Waals surface area contributed by atoms with Crippen LogP contribution in [0.25, 0.3) is 22.3 Å². The molecule has 8 atom stereocenters. The van der Waals surface area contributed by atoms with Gasteiger partial charge >= 0.3 is 7.82 Å². The number of carbonyl (C=O) groups excluding carboxylic acids is 1. The quantitative estimate of drug-likeness (QED) is 0.101. The van der Waals surface area contributed by atoms with E-state index in [0.29, 0.717) is 29.8 Å². The van der Waals surface area contributed by atoms with Gasteiger partial charge in [-0.15, -0.1) is 0 Å². The molecule has 8 rings (SSSR count). The van der Waals surface area contributed by atoms with Crippen LogP contribution in [0, 0.1) is 11.3 Å². The summed E-state index contributed by atoms with van der Waals surface area (Å²) in [5.74, 6) is -0.200. The number of phosphoric ester groups is 1. The molecule has 0 spiro atoms.